The van der Waals surface area contributed by atoms with Crippen LogP contribution in [0.2, 0.25) is 0 Å². The van der Waals surface area contributed by atoms with Gasteiger partial charge in [0.05, 0.1) is 15.5 Å². The summed E-state index contributed by atoms with van der Waals surface area (Å²) in [6, 6.07) is 16.6. The Hall–Kier alpha value is -2.69. The summed E-state index contributed by atoms with van der Waals surface area (Å²) in [5, 5.41) is 15.3. The lowest BCUT2D eigenvalue weighted by Crippen LogP contribution is -2.09. The van der Waals surface area contributed by atoms with E-state index >= 15 is 0 Å². The molecule has 18 heavy (non-hydrogen) atoms. The summed E-state index contributed by atoms with van der Waals surface area (Å²) in [6.45, 7) is 0. The highest BCUT2D eigenvalue weighted by Crippen LogP contribution is 2.27. The lowest BCUT2D eigenvalue weighted by atomic mass is 10.1. The van der Waals surface area contributed by atoms with Crippen molar-refractivity contribution in [2.75, 3.05) is 0 Å². The maximum Gasteiger partial charge on any atom is 0.218 e. The quantitative estimate of drug-likeness (QED) is 0.510. The Bertz CT molecular complexity index is 719. The molecule has 0 saturated heterocycles. The normalized spacial score (nSPS) is 10.7. The smallest absolute Gasteiger partial charge is 0.218 e. The number of nitro groups is 1. The molecule has 1 aromatic heterocycles. The molecule has 0 N–H and O–H groups in total. The summed E-state index contributed by atoms with van der Waals surface area (Å²) in [6.07, 6.45) is 0. The van der Waals surface area contributed by atoms with Crippen molar-refractivity contribution < 1.29 is 5.03 Å². The molecule has 0 aliphatic carbocycles. The zero-order valence-corrected chi connectivity index (χ0v) is 9.35. The van der Waals surface area contributed by atoms with Crippen LogP contribution in [0.5, 0.6) is 0 Å². The van der Waals surface area contributed by atoms with E-state index in [9.17, 15) is 10.1 Å². The van der Waals surface area contributed by atoms with Crippen molar-refractivity contribution in [3.05, 3.63) is 64.7 Å². The van der Waals surface area contributed by atoms with E-state index in [1.165, 1.54) is 0 Å². The molecule has 5 nitrogen and oxygen atoms in total. The number of fused-ring (bicyclic) bond motifs is 1. The van der Waals surface area contributed by atoms with Crippen LogP contribution >= 0.6 is 0 Å². The topological polar surface area (TPSA) is 61.0 Å². The zero-order chi connectivity index (χ0) is 12.5. The number of rotatable bonds is 2. The summed E-state index contributed by atoms with van der Waals surface area (Å²) < 4.78 is 0. The Kier molecular flexibility index (Phi) is 2.30. The molecule has 0 atom stereocenters. The molecular weight excluding hydrogens is 230 g/mol. The number of aromatic nitrogens is 2. The molecule has 5 heteroatoms. The highest BCUT2D eigenvalue weighted by molar-refractivity contribution is 5.92. The van der Waals surface area contributed by atoms with Crippen LogP contribution in [0.15, 0.2) is 54.6 Å². The van der Waals surface area contributed by atoms with Crippen LogP contribution in [0.25, 0.3) is 22.2 Å². The number of hydrogen-bond donors (Lipinski definition) is 0. The third kappa shape index (κ3) is 1.53. The average molecular weight is 239 g/mol. The van der Waals surface area contributed by atoms with E-state index in [2.05, 4.69) is 5.10 Å². The lowest BCUT2D eigenvalue weighted by molar-refractivity contribution is -0.548. The minimum atomic E-state index is -0.519. The minimum Gasteiger partial charge on any atom is -0.339 e. The van der Waals surface area contributed by atoms with Gasteiger partial charge in [-0.2, -0.15) is 0 Å². The van der Waals surface area contributed by atoms with Crippen LogP contribution in [0.3, 0.4) is 0 Å². The number of benzene rings is 2. The largest absolute Gasteiger partial charge is 0.339 e. The first-order valence-electron chi connectivity index (χ1n) is 5.45. The van der Waals surface area contributed by atoms with Gasteiger partial charge in [0.1, 0.15) is 5.52 Å². The van der Waals surface area contributed by atoms with Crippen molar-refractivity contribution >= 4 is 10.9 Å². The third-order valence-electron chi connectivity index (χ3n) is 2.77. The van der Waals surface area contributed by atoms with Crippen LogP contribution in [0.4, 0.5) is 0 Å². The highest BCUT2D eigenvalue weighted by atomic mass is 16.7. The van der Waals surface area contributed by atoms with Crippen LogP contribution in [-0.4, -0.2) is 14.9 Å². The Balaban J connectivity index is 2.34. The number of nitrogens with zero attached hydrogens (tertiary/aromatic N) is 3. The van der Waals surface area contributed by atoms with Crippen molar-refractivity contribution in [2.45, 2.75) is 0 Å². The summed E-state index contributed by atoms with van der Waals surface area (Å²) in [5.41, 5.74) is 2.00. The number of hydrogen-bond acceptors (Lipinski definition) is 3. The van der Waals surface area contributed by atoms with Crippen molar-refractivity contribution in [1.82, 2.24) is 9.89 Å². The molecule has 0 aliphatic heterocycles. The van der Waals surface area contributed by atoms with Crippen LogP contribution < -0.4 is 0 Å². The lowest BCUT2D eigenvalue weighted by Gasteiger charge is -1.92. The molecular formula is C13H9N3O2. The maximum absolute atomic E-state index is 11.0. The Labute approximate surface area is 102 Å². The molecule has 0 fully saturated rings. The van der Waals surface area contributed by atoms with Crippen LogP contribution in [0, 0.1) is 10.1 Å². The average Bonchev–Trinajstić information content (AvgIpc) is 2.79. The molecule has 0 amide bonds. The Morgan fingerprint density at radius 2 is 1.67 bits per heavy atom. The molecule has 0 saturated carbocycles. The fourth-order valence-electron chi connectivity index (χ4n) is 1.98. The molecule has 0 aliphatic rings. The van der Waals surface area contributed by atoms with E-state index in [0.717, 1.165) is 15.7 Å². The van der Waals surface area contributed by atoms with Gasteiger partial charge in [0.15, 0.2) is 0 Å². The monoisotopic (exact) mass is 239 g/mol. The summed E-state index contributed by atoms with van der Waals surface area (Å²) in [5.74, 6) is 0. The van der Waals surface area contributed by atoms with Gasteiger partial charge in [0, 0.05) is 10.4 Å². The van der Waals surface area contributed by atoms with Gasteiger partial charge in [0.25, 0.3) is 0 Å². The van der Waals surface area contributed by atoms with E-state index in [1.54, 1.807) is 12.1 Å². The van der Waals surface area contributed by atoms with E-state index in [0.29, 0.717) is 11.2 Å². The minimum absolute atomic E-state index is 0.501. The van der Waals surface area contributed by atoms with Gasteiger partial charge in [0.2, 0.25) is 5.69 Å². The Morgan fingerprint density at radius 3 is 2.39 bits per heavy atom. The fraction of sp³-hybridized carbons (Fsp3) is 0. The van der Waals surface area contributed by atoms with Crippen molar-refractivity contribution in [2.24, 2.45) is 0 Å². The van der Waals surface area contributed by atoms with Gasteiger partial charge in [-0.15, -0.1) is 0 Å². The number of para-hydroxylation sites is 1. The first-order chi connectivity index (χ1) is 8.77. The van der Waals surface area contributed by atoms with E-state index in [4.69, 9.17) is 0 Å². The second-order valence-electron chi connectivity index (χ2n) is 3.86. The molecule has 0 radical (unpaired) electrons. The zero-order valence-electron chi connectivity index (χ0n) is 9.35. The van der Waals surface area contributed by atoms with Crippen molar-refractivity contribution in [1.29, 1.82) is 0 Å². The molecule has 0 spiro atoms. The van der Waals surface area contributed by atoms with Gasteiger partial charge in [-0.3, -0.25) is 0 Å². The second-order valence-corrected chi connectivity index (χ2v) is 3.86. The molecule has 2 aromatic carbocycles. The first kappa shape index (κ1) is 10.5. The van der Waals surface area contributed by atoms with Gasteiger partial charge < -0.3 is 10.1 Å². The summed E-state index contributed by atoms with van der Waals surface area (Å²) in [7, 11) is 0. The van der Waals surface area contributed by atoms with Gasteiger partial charge in [-0.1, -0.05) is 42.5 Å². The molecule has 3 aromatic rings. The van der Waals surface area contributed by atoms with Gasteiger partial charge >= 0.3 is 0 Å². The van der Waals surface area contributed by atoms with E-state index < -0.39 is 5.03 Å². The third-order valence-corrected chi connectivity index (χ3v) is 2.77. The van der Waals surface area contributed by atoms with Gasteiger partial charge in [-0.25, -0.2) is 0 Å². The van der Waals surface area contributed by atoms with Crippen molar-refractivity contribution in [3.63, 3.8) is 0 Å². The van der Waals surface area contributed by atoms with E-state index in [-0.39, 0.29) is 0 Å². The maximum atomic E-state index is 11.0. The molecule has 0 unspecified atom stereocenters. The summed E-state index contributed by atoms with van der Waals surface area (Å²) >= 11 is 0. The Morgan fingerprint density at radius 1 is 1.00 bits per heavy atom. The predicted molar refractivity (Wildman–Crippen MR) is 67.6 cm³/mol. The summed E-state index contributed by atoms with van der Waals surface area (Å²) in [4.78, 5) is 11.8. The SMILES string of the molecule is O=[N+]([O-])n1nc(-c2ccccc2)c2ccccc21. The van der Waals surface area contributed by atoms with Crippen LogP contribution in [0.1, 0.15) is 0 Å². The molecule has 1 heterocycles. The molecule has 88 valence electrons. The fourth-order valence-corrected chi connectivity index (χ4v) is 1.98. The first-order valence-corrected chi connectivity index (χ1v) is 5.45. The standard InChI is InChI=1S/C13H9N3O2/c17-16(18)15-12-9-5-4-8-11(12)13(14-15)10-6-2-1-3-7-10/h1-9H. The van der Waals surface area contributed by atoms with Crippen molar-refractivity contribution in [3.8, 4) is 11.3 Å². The van der Waals surface area contributed by atoms with Crippen LogP contribution in [-0.2, 0) is 0 Å². The second kappa shape index (κ2) is 3.96. The van der Waals surface area contributed by atoms with Gasteiger partial charge in [-0.05, 0) is 12.1 Å². The van der Waals surface area contributed by atoms with E-state index in [1.807, 2.05) is 42.5 Å². The molecule has 3 rings (SSSR count). The predicted octanol–water partition coefficient (Wildman–Crippen LogP) is 2.74. The highest BCUT2D eigenvalue weighted by Gasteiger charge is 2.20. The molecule has 0 bridgehead atoms.